The summed E-state index contributed by atoms with van der Waals surface area (Å²) in [6.45, 7) is 3.63. The quantitative estimate of drug-likeness (QED) is 0.725. The van der Waals surface area contributed by atoms with Gasteiger partial charge in [0.2, 0.25) is 5.95 Å². The molecular formula is C9H14ClN5O. The Morgan fingerprint density at radius 3 is 2.38 bits per heavy atom. The van der Waals surface area contributed by atoms with Crippen molar-refractivity contribution < 1.29 is 4.79 Å². The van der Waals surface area contributed by atoms with Crippen LogP contribution in [0.5, 0.6) is 0 Å². The molecule has 3 N–H and O–H groups in total. The van der Waals surface area contributed by atoms with Crippen LogP contribution in [0.2, 0.25) is 0 Å². The number of nitrogens with one attached hydrogen (secondary N) is 1. The number of carbonyl (C=O) groups excluding carboxylic acids is 1. The van der Waals surface area contributed by atoms with Gasteiger partial charge < -0.3 is 16.0 Å². The summed E-state index contributed by atoms with van der Waals surface area (Å²) in [5.41, 5.74) is 5.44. The van der Waals surface area contributed by atoms with E-state index in [2.05, 4.69) is 20.2 Å². The van der Waals surface area contributed by atoms with Gasteiger partial charge in [-0.3, -0.25) is 4.79 Å². The van der Waals surface area contributed by atoms with Crippen molar-refractivity contribution in [2.75, 3.05) is 31.1 Å². The van der Waals surface area contributed by atoms with Crippen LogP contribution in [0.15, 0.2) is 12.4 Å². The highest BCUT2D eigenvalue weighted by molar-refractivity contribution is 5.92. The maximum absolute atomic E-state index is 10.8. The minimum Gasteiger partial charge on any atom is -0.366 e. The fourth-order valence-corrected chi connectivity index (χ4v) is 1.48. The molecule has 0 aromatic carbocycles. The third-order valence-electron chi connectivity index (χ3n) is 2.32. The second-order valence-electron chi connectivity index (χ2n) is 3.37. The largest absolute Gasteiger partial charge is 0.366 e. The lowest BCUT2D eigenvalue weighted by atomic mass is 10.3. The molecule has 1 aliphatic rings. The Morgan fingerprint density at radius 2 is 1.88 bits per heavy atom. The van der Waals surface area contributed by atoms with Crippen LogP contribution >= 0.6 is 12.4 Å². The molecule has 1 saturated heterocycles. The molecule has 2 heterocycles. The van der Waals surface area contributed by atoms with E-state index >= 15 is 0 Å². The number of nitrogens with two attached hydrogens (primary N) is 1. The van der Waals surface area contributed by atoms with Crippen molar-refractivity contribution in [3.63, 3.8) is 0 Å². The second-order valence-corrected chi connectivity index (χ2v) is 3.37. The van der Waals surface area contributed by atoms with Crippen molar-refractivity contribution in [3.8, 4) is 0 Å². The summed E-state index contributed by atoms with van der Waals surface area (Å²) >= 11 is 0. The average Bonchev–Trinajstić information content (AvgIpc) is 2.30. The number of piperazine rings is 1. The summed E-state index contributed by atoms with van der Waals surface area (Å²) in [5, 5.41) is 3.24. The lowest BCUT2D eigenvalue weighted by Gasteiger charge is -2.27. The maximum Gasteiger partial charge on any atom is 0.251 e. The molecule has 0 atom stereocenters. The summed E-state index contributed by atoms with van der Waals surface area (Å²) < 4.78 is 0. The highest BCUT2D eigenvalue weighted by atomic mass is 35.5. The van der Waals surface area contributed by atoms with Gasteiger partial charge in [-0.1, -0.05) is 0 Å². The molecule has 1 fully saturated rings. The molecule has 0 saturated carbocycles. The van der Waals surface area contributed by atoms with Crippen LogP contribution < -0.4 is 16.0 Å². The standard InChI is InChI=1S/C9H13N5O.ClH/c10-8(15)7-5-12-9(13-6-7)14-3-1-11-2-4-14;/h5-6,11H,1-4H2,(H2,10,15);1H. The Morgan fingerprint density at radius 1 is 1.31 bits per heavy atom. The third kappa shape index (κ3) is 2.80. The van der Waals surface area contributed by atoms with Crippen molar-refractivity contribution >= 4 is 24.3 Å². The molecule has 0 unspecified atom stereocenters. The van der Waals surface area contributed by atoms with E-state index in [1.165, 1.54) is 12.4 Å². The number of hydrogen-bond donors (Lipinski definition) is 2. The van der Waals surface area contributed by atoms with Crippen LogP contribution in [0.1, 0.15) is 10.4 Å². The van der Waals surface area contributed by atoms with Crippen LogP contribution in [-0.4, -0.2) is 42.1 Å². The van der Waals surface area contributed by atoms with Crippen molar-refractivity contribution in [1.82, 2.24) is 15.3 Å². The number of nitrogens with zero attached hydrogens (tertiary/aromatic N) is 3. The molecule has 0 aliphatic carbocycles. The lowest BCUT2D eigenvalue weighted by molar-refractivity contribution is 0.0999. The van der Waals surface area contributed by atoms with Crippen LogP contribution in [0.3, 0.4) is 0 Å². The second kappa shape index (κ2) is 5.62. The first-order valence-electron chi connectivity index (χ1n) is 4.85. The molecule has 1 amide bonds. The fourth-order valence-electron chi connectivity index (χ4n) is 1.48. The SMILES string of the molecule is Cl.NC(=O)c1cnc(N2CCNCC2)nc1. The molecule has 1 aromatic rings. The molecular weight excluding hydrogens is 230 g/mol. The fraction of sp³-hybridized carbons (Fsp3) is 0.444. The summed E-state index contributed by atoms with van der Waals surface area (Å²) in [7, 11) is 0. The number of rotatable bonds is 2. The van der Waals surface area contributed by atoms with Gasteiger partial charge in [-0.25, -0.2) is 9.97 Å². The molecule has 16 heavy (non-hydrogen) atoms. The Bertz CT molecular complexity index is 349. The van der Waals surface area contributed by atoms with Gasteiger partial charge in [-0.05, 0) is 0 Å². The van der Waals surface area contributed by atoms with Gasteiger partial charge in [0.05, 0.1) is 5.56 Å². The number of amides is 1. The molecule has 88 valence electrons. The van der Waals surface area contributed by atoms with E-state index in [-0.39, 0.29) is 12.4 Å². The van der Waals surface area contributed by atoms with Gasteiger partial charge >= 0.3 is 0 Å². The topological polar surface area (TPSA) is 84.1 Å². The molecule has 7 heteroatoms. The zero-order valence-corrected chi connectivity index (χ0v) is 9.54. The number of primary amides is 1. The molecule has 1 aromatic heterocycles. The highest BCUT2D eigenvalue weighted by Crippen LogP contribution is 2.07. The highest BCUT2D eigenvalue weighted by Gasteiger charge is 2.12. The van der Waals surface area contributed by atoms with E-state index in [9.17, 15) is 4.79 Å². The smallest absolute Gasteiger partial charge is 0.251 e. The Kier molecular flexibility index (Phi) is 4.45. The monoisotopic (exact) mass is 243 g/mol. The summed E-state index contributed by atoms with van der Waals surface area (Å²) in [4.78, 5) is 21.1. The van der Waals surface area contributed by atoms with E-state index in [0.717, 1.165) is 26.2 Å². The van der Waals surface area contributed by atoms with Gasteiger partial charge in [0.1, 0.15) is 0 Å². The lowest BCUT2D eigenvalue weighted by Crippen LogP contribution is -2.44. The maximum atomic E-state index is 10.8. The van der Waals surface area contributed by atoms with E-state index in [0.29, 0.717) is 11.5 Å². The van der Waals surface area contributed by atoms with Gasteiger partial charge in [-0.2, -0.15) is 0 Å². The van der Waals surface area contributed by atoms with Crippen LogP contribution in [0, 0.1) is 0 Å². The van der Waals surface area contributed by atoms with Crippen LogP contribution in [0.25, 0.3) is 0 Å². The first-order chi connectivity index (χ1) is 7.27. The van der Waals surface area contributed by atoms with Gasteiger partial charge in [0.25, 0.3) is 5.91 Å². The number of carbonyl (C=O) groups is 1. The minimum absolute atomic E-state index is 0. The van der Waals surface area contributed by atoms with E-state index in [1.807, 2.05) is 0 Å². The number of anilines is 1. The number of aromatic nitrogens is 2. The predicted octanol–water partition coefficient (Wildman–Crippen LogP) is -0.593. The third-order valence-corrected chi connectivity index (χ3v) is 2.32. The Hall–Kier alpha value is -1.40. The normalized spacial score (nSPS) is 15.4. The summed E-state index contributed by atoms with van der Waals surface area (Å²) in [6.07, 6.45) is 2.93. The molecule has 2 rings (SSSR count). The molecule has 0 radical (unpaired) electrons. The summed E-state index contributed by atoms with van der Waals surface area (Å²) in [5.74, 6) is 0.156. The average molecular weight is 244 g/mol. The van der Waals surface area contributed by atoms with Crippen LogP contribution in [0.4, 0.5) is 5.95 Å². The Labute approximate surface area is 99.7 Å². The van der Waals surface area contributed by atoms with Crippen molar-refractivity contribution in [2.45, 2.75) is 0 Å². The van der Waals surface area contributed by atoms with Crippen molar-refractivity contribution in [2.24, 2.45) is 5.73 Å². The molecule has 0 bridgehead atoms. The first kappa shape index (κ1) is 12.7. The zero-order chi connectivity index (χ0) is 10.7. The van der Waals surface area contributed by atoms with Crippen molar-refractivity contribution in [3.05, 3.63) is 18.0 Å². The summed E-state index contributed by atoms with van der Waals surface area (Å²) in [6, 6.07) is 0. The minimum atomic E-state index is -0.498. The molecule has 1 aliphatic heterocycles. The predicted molar refractivity (Wildman–Crippen MR) is 62.9 cm³/mol. The number of hydrogen-bond acceptors (Lipinski definition) is 5. The van der Waals surface area contributed by atoms with E-state index < -0.39 is 5.91 Å². The van der Waals surface area contributed by atoms with Gasteiger partial charge in [0, 0.05) is 38.6 Å². The van der Waals surface area contributed by atoms with Crippen molar-refractivity contribution in [1.29, 1.82) is 0 Å². The molecule has 6 nitrogen and oxygen atoms in total. The molecule has 0 spiro atoms. The van der Waals surface area contributed by atoms with Gasteiger partial charge in [-0.15, -0.1) is 12.4 Å². The number of halogens is 1. The van der Waals surface area contributed by atoms with Gasteiger partial charge in [0.15, 0.2) is 0 Å². The zero-order valence-electron chi connectivity index (χ0n) is 8.72. The van der Waals surface area contributed by atoms with Crippen LogP contribution in [-0.2, 0) is 0 Å². The van der Waals surface area contributed by atoms with E-state index in [1.54, 1.807) is 0 Å². The first-order valence-corrected chi connectivity index (χ1v) is 4.85. The van der Waals surface area contributed by atoms with E-state index in [4.69, 9.17) is 5.73 Å². The Balaban J connectivity index is 0.00000128.